The number of benzene rings is 7. The van der Waals surface area contributed by atoms with Gasteiger partial charge < -0.3 is 9.47 Å². The maximum Gasteiger partial charge on any atom is 0.0548 e. The summed E-state index contributed by atoms with van der Waals surface area (Å²) < 4.78 is 2.45. The molecule has 2 heterocycles. The summed E-state index contributed by atoms with van der Waals surface area (Å²) in [7, 11) is 0. The van der Waals surface area contributed by atoms with E-state index < -0.39 is 0 Å². The Morgan fingerprint density at radius 2 is 1.09 bits per heavy atom. The molecular weight excluding hydrogens is 520 g/mol. The zero-order valence-corrected chi connectivity index (χ0v) is 23.8. The van der Waals surface area contributed by atoms with Crippen molar-refractivity contribution >= 4 is 49.6 Å². The molecule has 0 aliphatic carbocycles. The van der Waals surface area contributed by atoms with E-state index >= 15 is 0 Å². The third-order valence-corrected chi connectivity index (χ3v) is 8.96. The van der Waals surface area contributed by atoms with Gasteiger partial charge in [-0.1, -0.05) is 103 Å². The second-order valence-electron chi connectivity index (χ2n) is 11.5. The van der Waals surface area contributed by atoms with E-state index in [0.717, 1.165) is 5.69 Å². The number of nitrogens with zero attached hydrogens (tertiary/aromatic N) is 2. The number of hydrogen-bond acceptors (Lipinski definition) is 1. The van der Waals surface area contributed by atoms with Crippen molar-refractivity contribution in [2.24, 2.45) is 0 Å². The third kappa shape index (κ3) is 3.53. The number of rotatable bonds is 2. The molecule has 1 aromatic heterocycles. The minimum absolute atomic E-state index is 1.15. The molecule has 0 unspecified atom stereocenters. The first-order valence-corrected chi connectivity index (χ1v) is 14.9. The molecule has 202 valence electrons. The quantitative estimate of drug-likeness (QED) is 0.209. The van der Waals surface area contributed by atoms with E-state index in [1.165, 1.54) is 77.5 Å². The molecule has 8 aromatic rings. The molecule has 9 rings (SSSR count). The van der Waals surface area contributed by atoms with Crippen molar-refractivity contribution in [3.05, 3.63) is 157 Å². The van der Waals surface area contributed by atoms with E-state index in [4.69, 9.17) is 0 Å². The summed E-state index contributed by atoms with van der Waals surface area (Å²) in [5, 5.41) is 5.04. The largest absolute Gasteiger partial charge is 0.309 e. The summed E-state index contributed by atoms with van der Waals surface area (Å²) in [6.07, 6.45) is 0. The smallest absolute Gasteiger partial charge is 0.0548 e. The fourth-order valence-electron chi connectivity index (χ4n) is 7.03. The normalized spacial score (nSPS) is 12.3. The second-order valence-corrected chi connectivity index (χ2v) is 11.5. The Hall–Kier alpha value is -5.60. The standard InChI is InChI=1S/C41H28N2/c1-27-19-21-31(22-20-27)43-38-24-23-37-40(41(38)35-25-28-11-5-6-12-29(28)26-39(35)43)34-17-8-7-15-32(34)33-16-9-10-18-36(33)42(37)30-13-3-2-4-14-30/h2-26H,1H3. The van der Waals surface area contributed by atoms with Crippen LogP contribution in [0.4, 0.5) is 17.1 Å². The predicted molar refractivity (Wildman–Crippen MR) is 182 cm³/mol. The van der Waals surface area contributed by atoms with Crippen LogP contribution in [-0.4, -0.2) is 4.57 Å². The van der Waals surface area contributed by atoms with Crippen LogP contribution in [0.1, 0.15) is 5.56 Å². The molecule has 2 nitrogen and oxygen atoms in total. The van der Waals surface area contributed by atoms with Crippen LogP contribution in [0.5, 0.6) is 0 Å². The van der Waals surface area contributed by atoms with Crippen molar-refractivity contribution in [1.29, 1.82) is 0 Å². The average molecular weight is 549 g/mol. The highest BCUT2D eigenvalue weighted by Gasteiger charge is 2.29. The molecule has 0 saturated carbocycles. The van der Waals surface area contributed by atoms with Gasteiger partial charge in [0.05, 0.1) is 22.4 Å². The number of aryl methyl sites for hydroxylation is 1. The van der Waals surface area contributed by atoms with Crippen LogP contribution in [0.3, 0.4) is 0 Å². The minimum Gasteiger partial charge on any atom is -0.309 e. The molecule has 7 aromatic carbocycles. The SMILES string of the molecule is Cc1ccc(-n2c3cc4ccccc4cc3c3c4c(ccc32)N(c2ccccc2)c2ccccc2-c2ccccc2-4)cc1. The monoisotopic (exact) mass is 548 g/mol. The Balaban J connectivity index is 1.51. The van der Waals surface area contributed by atoms with Crippen molar-refractivity contribution in [2.45, 2.75) is 6.92 Å². The van der Waals surface area contributed by atoms with Crippen LogP contribution in [0.25, 0.3) is 60.5 Å². The summed E-state index contributed by atoms with van der Waals surface area (Å²) in [6.45, 7) is 2.15. The molecule has 1 aliphatic heterocycles. The van der Waals surface area contributed by atoms with Gasteiger partial charge in [0.25, 0.3) is 0 Å². The Bertz CT molecular complexity index is 2340. The lowest BCUT2D eigenvalue weighted by Crippen LogP contribution is -2.10. The Morgan fingerprint density at radius 1 is 0.442 bits per heavy atom. The van der Waals surface area contributed by atoms with Crippen molar-refractivity contribution in [2.75, 3.05) is 4.90 Å². The lowest BCUT2D eigenvalue weighted by molar-refractivity contribution is 1.17. The fraction of sp³-hybridized carbons (Fsp3) is 0.0244. The molecule has 0 N–H and O–H groups in total. The molecule has 2 heteroatoms. The molecule has 0 bridgehead atoms. The van der Waals surface area contributed by atoms with E-state index in [1.54, 1.807) is 0 Å². The number of fused-ring (bicyclic) bond motifs is 10. The van der Waals surface area contributed by atoms with Gasteiger partial charge in [0, 0.05) is 33.3 Å². The molecule has 0 amide bonds. The fourth-order valence-corrected chi connectivity index (χ4v) is 7.03. The first-order chi connectivity index (χ1) is 21.3. The van der Waals surface area contributed by atoms with Crippen molar-refractivity contribution in [1.82, 2.24) is 4.57 Å². The highest BCUT2D eigenvalue weighted by molar-refractivity contribution is 6.23. The zero-order chi connectivity index (χ0) is 28.5. The highest BCUT2D eigenvalue weighted by atomic mass is 15.2. The van der Waals surface area contributed by atoms with Crippen LogP contribution >= 0.6 is 0 Å². The van der Waals surface area contributed by atoms with E-state index in [2.05, 4.69) is 168 Å². The summed E-state index contributed by atoms with van der Waals surface area (Å²) in [5.74, 6) is 0. The third-order valence-electron chi connectivity index (χ3n) is 8.96. The van der Waals surface area contributed by atoms with E-state index in [-0.39, 0.29) is 0 Å². The van der Waals surface area contributed by atoms with Gasteiger partial charge in [0.15, 0.2) is 0 Å². The molecule has 0 radical (unpaired) electrons. The maximum atomic E-state index is 2.45. The van der Waals surface area contributed by atoms with Crippen LogP contribution in [0.15, 0.2) is 152 Å². The topological polar surface area (TPSA) is 8.17 Å². The molecule has 0 saturated heterocycles. The molecular formula is C41H28N2. The number of anilines is 3. The van der Waals surface area contributed by atoms with Crippen LogP contribution in [0, 0.1) is 6.92 Å². The highest BCUT2D eigenvalue weighted by Crippen LogP contribution is 2.54. The number of hydrogen-bond donors (Lipinski definition) is 0. The first kappa shape index (κ1) is 24.0. The van der Waals surface area contributed by atoms with Crippen molar-refractivity contribution < 1.29 is 0 Å². The summed E-state index contributed by atoms with van der Waals surface area (Å²) in [4.78, 5) is 2.44. The first-order valence-electron chi connectivity index (χ1n) is 14.9. The Morgan fingerprint density at radius 3 is 1.88 bits per heavy atom. The van der Waals surface area contributed by atoms with E-state index in [9.17, 15) is 0 Å². The molecule has 0 atom stereocenters. The summed E-state index contributed by atoms with van der Waals surface area (Å²) >= 11 is 0. The number of para-hydroxylation sites is 2. The van der Waals surface area contributed by atoms with E-state index in [1.807, 2.05) is 0 Å². The molecule has 43 heavy (non-hydrogen) atoms. The van der Waals surface area contributed by atoms with Gasteiger partial charge in [-0.25, -0.2) is 0 Å². The zero-order valence-electron chi connectivity index (χ0n) is 23.8. The van der Waals surface area contributed by atoms with Gasteiger partial charge in [-0.05, 0) is 83.4 Å². The predicted octanol–water partition coefficient (Wildman–Crippen LogP) is 11.4. The maximum absolute atomic E-state index is 2.45. The van der Waals surface area contributed by atoms with Crippen LogP contribution in [-0.2, 0) is 0 Å². The molecule has 0 fully saturated rings. The van der Waals surface area contributed by atoms with E-state index in [0.29, 0.717) is 0 Å². The van der Waals surface area contributed by atoms with Gasteiger partial charge in [0.1, 0.15) is 0 Å². The second kappa shape index (κ2) is 9.20. The van der Waals surface area contributed by atoms with Gasteiger partial charge in [-0.15, -0.1) is 0 Å². The van der Waals surface area contributed by atoms with Gasteiger partial charge >= 0.3 is 0 Å². The van der Waals surface area contributed by atoms with Crippen molar-refractivity contribution in [3.63, 3.8) is 0 Å². The number of aromatic nitrogens is 1. The Kier molecular flexibility index (Phi) is 5.15. The minimum atomic E-state index is 1.15. The lowest BCUT2D eigenvalue weighted by Gasteiger charge is -2.27. The van der Waals surface area contributed by atoms with Gasteiger partial charge in [0.2, 0.25) is 0 Å². The molecule has 0 spiro atoms. The van der Waals surface area contributed by atoms with Crippen LogP contribution in [0.2, 0.25) is 0 Å². The van der Waals surface area contributed by atoms with Crippen molar-refractivity contribution in [3.8, 4) is 27.9 Å². The lowest BCUT2D eigenvalue weighted by atomic mass is 9.91. The van der Waals surface area contributed by atoms with Gasteiger partial charge in [-0.2, -0.15) is 0 Å². The van der Waals surface area contributed by atoms with Gasteiger partial charge in [-0.3, -0.25) is 0 Å². The summed E-state index contributed by atoms with van der Waals surface area (Å²) in [5.41, 5.74) is 13.4. The van der Waals surface area contributed by atoms with Crippen LogP contribution < -0.4 is 4.90 Å². The average Bonchev–Trinajstić information content (AvgIpc) is 3.31. The molecule has 1 aliphatic rings. The summed E-state index contributed by atoms with van der Waals surface area (Å²) in [6, 6.07) is 55.5. The Labute approximate surface area is 250 Å².